The van der Waals surface area contributed by atoms with Gasteiger partial charge >= 0.3 is 6.16 Å². The molecule has 0 aromatic heterocycles. The van der Waals surface area contributed by atoms with Gasteiger partial charge in [0.25, 0.3) is 0 Å². The summed E-state index contributed by atoms with van der Waals surface area (Å²) in [6.45, 7) is 3.26. The van der Waals surface area contributed by atoms with Gasteiger partial charge in [0.1, 0.15) is 0 Å². The van der Waals surface area contributed by atoms with Gasteiger partial charge in [-0.1, -0.05) is 6.92 Å². The van der Waals surface area contributed by atoms with E-state index in [1.54, 1.807) is 0 Å². The Morgan fingerprint density at radius 1 is 1.60 bits per heavy atom. The number of carbonyl (C=O) groups is 1. The first-order valence-electron chi connectivity index (χ1n) is 2.96. The lowest BCUT2D eigenvalue weighted by atomic mass is 10.7. The van der Waals surface area contributed by atoms with Crippen molar-refractivity contribution in [2.45, 2.75) is 6.92 Å². The number of rotatable bonds is 1. The highest BCUT2D eigenvalue weighted by Gasteiger charge is 1.80. The van der Waals surface area contributed by atoms with Crippen molar-refractivity contribution in [3.8, 4) is 0 Å². The lowest BCUT2D eigenvalue weighted by Gasteiger charge is -2.00. The average Bonchev–Trinajstić information content (AvgIpc) is 1.89. The van der Waals surface area contributed by atoms with Crippen LogP contribution in [0, 0.1) is 0 Å². The number of carboxylic acid groups (broad SMARTS) is 1. The van der Waals surface area contributed by atoms with E-state index in [0.29, 0.717) is 0 Å². The van der Waals surface area contributed by atoms with E-state index >= 15 is 0 Å². The number of ether oxygens (including phenoxy) is 1. The van der Waals surface area contributed by atoms with Gasteiger partial charge in [0, 0.05) is 0 Å². The highest BCUT2D eigenvalue weighted by molar-refractivity contribution is 5.56. The van der Waals surface area contributed by atoms with Gasteiger partial charge < -0.3 is 14.7 Å². The van der Waals surface area contributed by atoms with Gasteiger partial charge in [-0.3, -0.25) is 0 Å². The lowest BCUT2D eigenvalue weighted by Crippen LogP contribution is -2.08. The van der Waals surface area contributed by atoms with Crippen LogP contribution in [0.25, 0.3) is 0 Å². The van der Waals surface area contributed by atoms with Crippen LogP contribution in [0.5, 0.6) is 0 Å². The summed E-state index contributed by atoms with van der Waals surface area (Å²) in [6.07, 6.45) is -1.25. The fraction of sp³-hybridized carbons (Fsp3) is 0.833. The minimum atomic E-state index is -1.25. The van der Waals surface area contributed by atoms with Crippen molar-refractivity contribution in [3.05, 3.63) is 0 Å². The Bertz CT molecular complexity index is 83.1. The van der Waals surface area contributed by atoms with Gasteiger partial charge in [0.05, 0.1) is 7.11 Å². The molecular weight excluding hydrogens is 134 g/mol. The van der Waals surface area contributed by atoms with E-state index in [0.717, 1.165) is 13.7 Å². The van der Waals surface area contributed by atoms with Crippen LogP contribution in [0.4, 0.5) is 4.79 Å². The first kappa shape index (κ1) is 12.0. The van der Waals surface area contributed by atoms with Crippen molar-refractivity contribution >= 4 is 6.16 Å². The summed E-state index contributed by atoms with van der Waals surface area (Å²) in [5.74, 6) is 0. The maximum absolute atomic E-state index is 9.15. The molecule has 0 aliphatic heterocycles. The predicted octanol–water partition coefficient (Wildman–Crippen LogP) is 0.879. The van der Waals surface area contributed by atoms with Crippen LogP contribution >= 0.6 is 0 Å². The SMILES string of the molecule is CCN(C)C.COC(=O)O. The molecule has 1 N–H and O–H groups in total. The topological polar surface area (TPSA) is 49.8 Å². The van der Waals surface area contributed by atoms with E-state index in [2.05, 4.69) is 30.7 Å². The fourth-order valence-electron chi connectivity index (χ4n) is 0. The van der Waals surface area contributed by atoms with E-state index in [9.17, 15) is 0 Å². The summed E-state index contributed by atoms with van der Waals surface area (Å²) in [4.78, 5) is 11.3. The van der Waals surface area contributed by atoms with E-state index in [4.69, 9.17) is 9.90 Å². The lowest BCUT2D eigenvalue weighted by molar-refractivity contribution is 0.114. The van der Waals surface area contributed by atoms with Crippen LogP contribution in [0.2, 0.25) is 0 Å². The van der Waals surface area contributed by atoms with Crippen LogP contribution in [0.3, 0.4) is 0 Å². The Kier molecular flexibility index (Phi) is 9.84. The van der Waals surface area contributed by atoms with E-state index in [-0.39, 0.29) is 0 Å². The molecule has 0 heterocycles. The average molecular weight is 149 g/mol. The fourth-order valence-corrected chi connectivity index (χ4v) is 0. The van der Waals surface area contributed by atoms with Gasteiger partial charge in [0.15, 0.2) is 0 Å². The maximum Gasteiger partial charge on any atom is 0.505 e. The van der Waals surface area contributed by atoms with E-state index in [1.165, 1.54) is 0 Å². The normalized spacial score (nSPS) is 8.10. The minimum Gasteiger partial charge on any atom is -0.450 e. The molecule has 0 radical (unpaired) electrons. The quantitative estimate of drug-likeness (QED) is 0.562. The molecule has 0 aliphatic carbocycles. The summed E-state index contributed by atoms with van der Waals surface area (Å²) >= 11 is 0. The van der Waals surface area contributed by atoms with Gasteiger partial charge in [-0.25, -0.2) is 4.79 Å². The first-order valence-corrected chi connectivity index (χ1v) is 2.96. The second kappa shape index (κ2) is 8.23. The molecule has 0 atom stereocenters. The Morgan fingerprint density at radius 3 is 1.80 bits per heavy atom. The molecule has 4 nitrogen and oxygen atoms in total. The van der Waals surface area contributed by atoms with Crippen molar-refractivity contribution in [1.82, 2.24) is 4.90 Å². The van der Waals surface area contributed by atoms with Gasteiger partial charge in [-0.05, 0) is 20.6 Å². The molecule has 0 amide bonds. The third kappa shape index (κ3) is 26.9. The molecule has 4 heteroatoms. The largest absolute Gasteiger partial charge is 0.505 e. The number of hydrogen-bond donors (Lipinski definition) is 1. The minimum absolute atomic E-state index is 1.10. The molecule has 0 aromatic rings. The maximum atomic E-state index is 9.15. The summed E-state index contributed by atoms with van der Waals surface area (Å²) in [6, 6.07) is 0. The number of hydrogen-bond acceptors (Lipinski definition) is 3. The predicted molar refractivity (Wildman–Crippen MR) is 39.3 cm³/mol. The Morgan fingerprint density at radius 2 is 1.80 bits per heavy atom. The smallest absolute Gasteiger partial charge is 0.450 e. The van der Waals surface area contributed by atoms with Crippen LogP contribution in [0.1, 0.15) is 6.92 Å². The van der Waals surface area contributed by atoms with Crippen LogP contribution in [-0.2, 0) is 4.74 Å². The zero-order valence-electron chi connectivity index (χ0n) is 6.92. The van der Waals surface area contributed by atoms with Crippen molar-refractivity contribution in [2.75, 3.05) is 27.7 Å². The summed E-state index contributed by atoms with van der Waals surface area (Å²) in [5.41, 5.74) is 0. The molecule has 10 heavy (non-hydrogen) atoms. The molecule has 0 aliphatic rings. The molecule has 0 unspecified atom stereocenters. The van der Waals surface area contributed by atoms with Gasteiger partial charge in [-0.15, -0.1) is 0 Å². The van der Waals surface area contributed by atoms with Crippen molar-refractivity contribution in [2.24, 2.45) is 0 Å². The van der Waals surface area contributed by atoms with Gasteiger partial charge in [-0.2, -0.15) is 0 Å². The Hall–Kier alpha value is -0.770. The number of nitrogens with zero attached hydrogens (tertiary/aromatic N) is 1. The summed E-state index contributed by atoms with van der Waals surface area (Å²) < 4.78 is 3.67. The third-order valence-corrected chi connectivity index (χ3v) is 0.807. The highest BCUT2D eigenvalue weighted by atomic mass is 16.6. The second-order valence-electron chi connectivity index (χ2n) is 1.87. The molecular formula is C6H15NO3. The van der Waals surface area contributed by atoms with Gasteiger partial charge in [0.2, 0.25) is 0 Å². The highest BCUT2D eigenvalue weighted by Crippen LogP contribution is 1.63. The van der Waals surface area contributed by atoms with Crippen LogP contribution < -0.4 is 0 Å². The van der Waals surface area contributed by atoms with E-state index in [1.807, 2.05) is 0 Å². The van der Waals surface area contributed by atoms with E-state index < -0.39 is 6.16 Å². The molecule has 0 saturated heterocycles. The molecule has 0 aromatic carbocycles. The summed E-state index contributed by atoms with van der Waals surface area (Å²) in [5, 5.41) is 7.50. The van der Waals surface area contributed by atoms with Crippen LogP contribution in [0.15, 0.2) is 0 Å². The molecule has 62 valence electrons. The second-order valence-corrected chi connectivity index (χ2v) is 1.87. The van der Waals surface area contributed by atoms with Crippen molar-refractivity contribution in [1.29, 1.82) is 0 Å². The molecule has 0 rings (SSSR count). The monoisotopic (exact) mass is 149 g/mol. The molecule has 0 fully saturated rings. The van der Waals surface area contributed by atoms with Crippen molar-refractivity contribution < 1.29 is 14.6 Å². The zero-order chi connectivity index (χ0) is 8.57. The van der Waals surface area contributed by atoms with Crippen molar-refractivity contribution in [3.63, 3.8) is 0 Å². The van der Waals surface area contributed by atoms with Crippen LogP contribution in [-0.4, -0.2) is 43.9 Å². The Labute approximate surface area is 61.4 Å². The zero-order valence-corrected chi connectivity index (χ0v) is 6.92. The third-order valence-electron chi connectivity index (χ3n) is 0.807. The standard InChI is InChI=1S/C4H11N.C2H4O3/c1-4-5(2)3;1-5-2(3)4/h4H2,1-3H3;1H3,(H,3,4). The number of methoxy groups -OCH3 is 1. The molecule has 0 saturated carbocycles. The summed E-state index contributed by atoms with van der Waals surface area (Å²) in [7, 11) is 5.21. The molecule has 0 bridgehead atoms. The first-order chi connectivity index (χ1) is 4.54. The molecule has 0 spiro atoms. The Balaban J connectivity index is 0.